The van der Waals surface area contributed by atoms with Gasteiger partial charge in [-0.1, -0.05) is 38.7 Å². The van der Waals surface area contributed by atoms with Gasteiger partial charge < -0.3 is 4.74 Å². The van der Waals surface area contributed by atoms with E-state index in [9.17, 15) is 4.79 Å². The molecule has 0 saturated carbocycles. The average molecular weight is 260 g/mol. The van der Waals surface area contributed by atoms with Crippen LogP contribution in [0.1, 0.15) is 67.8 Å². The van der Waals surface area contributed by atoms with E-state index in [1.165, 1.54) is 31.2 Å². The fraction of sp³-hybridized carbons (Fsp3) is 0.588. The molecule has 0 fully saturated rings. The maximum Gasteiger partial charge on any atom is 0.163 e. The minimum absolute atomic E-state index is 0.273. The Morgan fingerprint density at radius 1 is 1.11 bits per heavy atom. The minimum Gasteiger partial charge on any atom is -0.494 e. The molecule has 0 atom stereocenters. The summed E-state index contributed by atoms with van der Waals surface area (Å²) in [6, 6.07) is 5.99. The summed E-state index contributed by atoms with van der Waals surface area (Å²) in [4.78, 5) is 11.8. The van der Waals surface area contributed by atoms with Gasteiger partial charge in [0.15, 0.2) is 5.78 Å². The molecule has 0 N–H and O–H groups in total. The van der Waals surface area contributed by atoms with Crippen LogP contribution in [0.2, 0.25) is 0 Å². The van der Waals surface area contributed by atoms with Gasteiger partial charge in [-0.25, -0.2) is 0 Å². The van der Waals surface area contributed by atoms with Crippen LogP contribution in [0.4, 0.5) is 0 Å². The largest absolute Gasteiger partial charge is 0.494 e. The van der Waals surface area contributed by atoms with Crippen LogP contribution in [0.15, 0.2) is 18.2 Å². The van der Waals surface area contributed by atoms with E-state index >= 15 is 0 Å². The van der Waals surface area contributed by atoms with Gasteiger partial charge in [0.05, 0.1) is 6.61 Å². The molecule has 2 nitrogen and oxygen atoms in total. The molecule has 0 heterocycles. The molecule has 0 aromatic heterocycles. The first kappa shape index (κ1) is 14.1. The Morgan fingerprint density at radius 2 is 1.95 bits per heavy atom. The highest BCUT2D eigenvalue weighted by Gasteiger charge is 2.17. The smallest absolute Gasteiger partial charge is 0.163 e. The second kappa shape index (κ2) is 7.32. The third kappa shape index (κ3) is 4.09. The highest BCUT2D eigenvalue weighted by Crippen LogP contribution is 2.25. The highest BCUT2D eigenvalue weighted by molar-refractivity contribution is 5.98. The van der Waals surface area contributed by atoms with E-state index in [0.717, 1.165) is 37.2 Å². The Balaban J connectivity index is 1.81. The van der Waals surface area contributed by atoms with Crippen molar-refractivity contribution < 1.29 is 9.53 Å². The molecule has 0 spiro atoms. The van der Waals surface area contributed by atoms with Gasteiger partial charge in [0.25, 0.3) is 0 Å². The zero-order chi connectivity index (χ0) is 13.5. The molecule has 104 valence electrons. The number of hydrogen-bond acceptors (Lipinski definition) is 2. The number of aryl methyl sites for hydroxylation is 1. The van der Waals surface area contributed by atoms with Gasteiger partial charge >= 0.3 is 0 Å². The summed E-state index contributed by atoms with van der Waals surface area (Å²) >= 11 is 0. The number of Topliss-reactive ketones (excluding diaryl/α,β-unsaturated/α-hetero) is 1. The van der Waals surface area contributed by atoms with Gasteiger partial charge in [-0.3, -0.25) is 4.79 Å². The molecular formula is C17H24O2. The SMILES string of the molecule is CCCCCCCOc1ccc2c(c1)C(=O)CCC2. The van der Waals surface area contributed by atoms with E-state index in [2.05, 4.69) is 13.0 Å². The van der Waals surface area contributed by atoms with Crippen molar-refractivity contribution in [3.05, 3.63) is 29.3 Å². The first-order valence-electron chi connectivity index (χ1n) is 7.60. The number of fused-ring (bicyclic) bond motifs is 1. The third-order valence-corrected chi connectivity index (χ3v) is 3.75. The van der Waals surface area contributed by atoms with Gasteiger partial charge in [-0.2, -0.15) is 0 Å². The summed E-state index contributed by atoms with van der Waals surface area (Å²) < 4.78 is 5.75. The number of unbranched alkanes of at least 4 members (excludes halogenated alkanes) is 4. The van der Waals surface area contributed by atoms with E-state index < -0.39 is 0 Å². The van der Waals surface area contributed by atoms with Gasteiger partial charge in [0.2, 0.25) is 0 Å². The van der Waals surface area contributed by atoms with Crippen LogP contribution in [0.5, 0.6) is 5.75 Å². The highest BCUT2D eigenvalue weighted by atomic mass is 16.5. The second-order valence-corrected chi connectivity index (χ2v) is 5.36. The maximum absolute atomic E-state index is 11.8. The first-order chi connectivity index (χ1) is 9.31. The Bertz CT molecular complexity index is 423. The van der Waals surface area contributed by atoms with E-state index in [1.807, 2.05) is 12.1 Å². The molecule has 0 amide bonds. The molecule has 19 heavy (non-hydrogen) atoms. The standard InChI is InChI=1S/C17H24O2/c1-2-3-4-5-6-12-19-15-11-10-14-8-7-9-17(18)16(14)13-15/h10-11,13H,2-9,12H2,1H3. The van der Waals surface area contributed by atoms with Crippen LogP contribution in [-0.2, 0) is 6.42 Å². The number of ketones is 1. The monoisotopic (exact) mass is 260 g/mol. The summed E-state index contributed by atoms with van der Waals surface area (Å²) in [6.45, 7) is 2.98. The van der Waals surface area contributed by atoms with E-state index in [1.54, 1.807) is 0 Å². The molecule has 0 aliphatic heterocycles. The predicted octanol–water partition coefficient (Wildman–Crippen LogP) is 4.55. The van der Waals surface area contributed by atoms with Crippen molar-refractivity contribution in [3.8, 4) is 5.75 Å². The zero-order valence-corrected chi connectivity index (χ0v) is 11.9. The Kier molecular flexibility index (Phi) is 5.44. The van der Waals surface area contributed by atoms with Crippen molar-refractivity contribution in [2.24, 2.45) is 0 Å². The summed E-state index contributed by atoms with van der Waals surface area (Å²) in [5.74, 6) is 1.12. The van der Waals surface area contributed by atoms with Crippen LogP contribution in [0, 0.1) is 0 Å². The molecular weight excluding hydrogens is 236 g/mol. The average Bonchev–Trinajstić information content (AvgIpc) is 2.43. The van der Waals surface area contributed by atoms with Gasteiger partial charge in [0.1, 0.15) is 5.75 Å². The van der Waals surface area contributed by atoms with Crippen LogP contribution in [0.3, 0.4) is 0 Å². The van der Waals surface area contributed by atoms with E-state index in [-0.39, 0.29) is 5.78 Å². The fourth-order valence-corrected chi connectivity index (χ4v) is 2.59. The van der Waals surface area contributed by atoms with Crippen LogP contribution in [-0.4, -0.2) is 12.4 Å². The summed E-state index contributed by atoms with van der Waals surface area (Å²) in [6.07, 6.45) is 8.92. The van der Waals surface area contributed by atoms with Crippen LogP contribution >= 0.6 is 0 Å². The zero-order valence-electron chi connectivity index (χ0n) is 11.9. The quantitative estimate of drug-likeness (QED) is 0.672. The number of carbonyl (C=O) groups excluding carboxylic acids is 1. The van der Waals surface area contributed by atoms with E-state index in [4.69, 9.17) is 4.74 Å². The van der Waals surface area contributed by atoms with Crippen molar-refractivity contribution in [3.63, 3.8) is 0 Å². The lowest BCUT2D eigenvalue weighted by Gasteiger charge is -2.15. The lowest BCUT2D eigenvalue weighted by Crippen LogP contribution is -2.11. The van der Waals surface area contributed by atoms with Crippen LogP contribution in [0.25, 0.3) is 0 Å². The number of hydrogen-bond donors (Lipinski definition) is 0. The predicted molar refractivity (Wildman–Crippen MR) is 78.0 cm³/mol. The lowest BCUT2D eigenvalue weighted by atomic mass is 9.90. The van der Waals surface area contributed by atoms with Crippen molar-refractivity contribution >= 4 is 5.78 Å². The molecule has 0 radical (unpaired) electrons. The summed E-state index contributed by atoms with van der Waals surface area (Å²) in [7, 11) is 0. The second-order valence-electron chi connectivity index (χ2n) is 5.36. The number of ether oxygens (including phenoxy) is 1. The minimum atomic E-state index is 0.273. The number of rotatable bonds is 7. The van der Waals surface area contributed by atoms with Crippen molar-refractivity contribution in [2.45, 2.75) is 58.3 Å². The molecule has 1 aromatic carbocycles. The van der Waals surface area contributed by atoms with E-state index in [0.29, 0.717) is 6.42 Å². The molecule has 0 bridgehead atoms. The van der Waals surface area contributed by atoms with Crippen molar-refractivity contribution in [1.29, 1.82) is 0 Å². The first-order valence-corrected chi connectivity index (χ1v) is 7.60. The van der Waals surface area contributed by atoms with Gasteiger partial charge in [-0.15, -0.1) is 0 Å². The molecule has 2 rings (SSSR count). The molecule has 1 aromatic rings. The Morgan fingerprint density at radius 3 is 2.79 bits per heavy atom. The molecule has 0 saturated heterocycles. The Labute approximate surface area is 116 Å². The fourth-order valence-electron chi connectivity index (χ4n) is 2.59. The van der Waals surface area contributed by atoms with Crippen molar-refractivity contribution in [2.75, 3.05) is 6.61 Å². The maximum atomic E-state index is 11.8. The Hall–Kier alpha value is -1.31. The molecule has 1 aliphatic rings. The molecule has 0 unspecified atom stereocenters. The normalized spacial score (nSPS) is 14.3. The molecule has 1 aliphatic carbocycles. The summed E-state index contributed by atoms with van der Waals surface area (Å²) in [5, 5.41) is 0. The lowest BCUT2D eigenvalue weighted by molar-refractivity contribution is 0.0972. The molecule has 2 heteroatoms. The summed E-state index contributed by atoms with van der Waals surface area (Å²) in [5.41, 5.74) is 2.07. The van der Waals surface area contributed by atoms with Crippen molar-refractivity contribution in [1.82, 2.24) is 0 Å². The number of benzene rings is 1. The third-order valence-electron chi connectivity index (χ3n) is 3.75. The number of carbonyl (C=O) groups is 1. The van der Waals surface area contributed by atoms with Crippen LogP contribution < -0.4 is 4.74 Å². The topological polar surface area (TPSA) is 26.3 Å². The van der Waals surface area contributed by atoms with Gasteiger partial charge in [0, 0.05) is 12.0 Å². The van der Waals surface area contributed by atoms with Gasteiger partial charge in [-0.05, 0) is 37.0 Å².